The number of sulfonamides is 1. The molecule has 0 spiro atoms. The number of ether oxygens (including phenoxy) is 2. The fourth-order valence-electron chi connectivity index (χ4n) is 3.73. The number of benzene rings is 1. The number of amides is 1. The summed E-state index contributed by atoms with van der Waals surface area (Å²) in [6.45, 7) is 3.46. The van der Waals surface area contributed by atoms with Crippen molar-refractivity contribution in [2.45, 2.75) is 43.5 Å². The number of carbonyl (C=O) groups excluding carboxylic acids is 1. The smallest absolute Gasteiger partial charge is 0.251 e. The number of hydrogen-bond acceptors (Lipinski definition) is 5. The Kier molecular flexibility index (Phi) is 6.39. The maximum atomic E-state index is 13.0. The number of nitrogens with one attached hydrogen (secondary N) is 1. The summed E-state index contributed by atoms with van der Waals surface area (Å²) in [5, 5.41) is 3.07. The molecule has 1 aliphatic carbocycles. The zero-order chi connectivity index (χ0) is 19.4. The Labute approximate surface area is 161 Å². The van der Waals surface area contributed by atoms with Gasteiger partial charge in [0, 0.05) is 24.7 Å². The highest BCUT2D eigenvalue weighted by molar-refractivity contribution is 7.89. The van der Waals surface area contributed by atoms with E-state index < -0.39 is 10.0 Å². The van der Waals surface area contributed by atoms with Crippen molar-refractivity contribution in [2.24, 2.45) is 5.92 Å². The predicted octanol–water partition coefficient (Wildman–Crippen LogP) is 2.02. The van der Waals surface area contributed by atoms with E-state index in [2.05, 4.69) is 12.2 Å². The van der Waals surface area contributed by atoms with Gasteiger partial charge >= 0.3 is 0 Å². The minimum atomic E-state index is -3.76. The second-order valence-electron chi connectivity index (χ2n) is 7.22. The van der Waals surface area contributed by atoms with E-state index in [1.54, 1.807) is 12.1 Å². The first-order valence-electron chi connectivity index (χ1n) is 9.50. The molecule has 1 amide bonds. The van der Waals surface area contributed by atoms with Gasteiger partial charge in [-0.15, -0.1) is 0 Å². The monoisotopic (exact) mass is 396 g/mol. The van der Waals surface area contributed by atoms with Crippen LogP contribution in [-0.2, 0) is 14.8 Å². The number of methoxy groups -OCH3 is 1. The highest BCUT2D eigenvalue weighted by atomic mass is 32.2. The molecule has 0 radical (unpaired) electrons. The van der Waals surface area contributed by atoms with Crippen molar-refractivity contribution in [3.05, 3.63) is 23.8 Å². The van der Waals surface area contributed by atoms with Crippen LogP contribution < -0.4 is 10.1 Å². The number of hydrogen-bond donors (Lipinski definition) is 1. The van der Waals surface area contributed by atoms with Crippen LogP contribution in [0.5, 0.6) is 5.75 Å². The summed E-state index contributed by atoms with van der Waals surface area (Å²) in [6, 6.07) is 4.71. The maximum absolute atomic E-state index is 13.0. The van der Waals surface area contributed by atoms with Crippen molar-refractivity contribution >= 4 is 15.9 Å². The average Bonchev–Trinajstić information content (AvgIpc) is 2.69. The SMILES string of the molecule is COc1ccc(C(=O)N[C@H]2CCCC[C@H]2C)cc1S(=O)(=O)N1CCOCC1. The summed E-state index contributed by atoms with van der Waals surface area (Å²) in [5.41, 5.74) is 0.334. The zero-order valence-electron chi connectivity index (χ0n) is 15.9. The van der Waals surface area contributed by atoms with Crippen LogP contribution in [0.1, 0.15) is 43.0 Å². The molecule has 1 heterocycles. The van der Waals surface area contributed by atoms with E-state index in [0.29, 0.717) is 37.8 Å². The highest BCUT2D eigenvalue weighted by Crippen LogP contribution is 2.29. The highest BCUT2D eigenvalue weighted by Gasteiger charge is 2.30. The Bertz CT molecular complexity index is 774. The maximum Gasteiger partial charge on any atom is 0.251 e. The minimum Gasteiger partial charge on any atom is -0.495 e. The van der Waals surface area contributed by atoms with Gasteiger partial charge in [0.2, 0.25) is 10.0 Å². The van der Waals surface area contributed by atoms with E-state index in [4.69, 9.17) is 9.47 Å². The molecular formula is C19H28N2O5S. The molecule has 1 saturated carbocycles. The van der Waals surface area contributed by atoms with Crippen LogP contribution in [-0.4, -0.2) is 58.1 Å². The lowest BCUT2D eigenvalue weighted by molar-refractivity contribution is 0.0729. The van der Waals surface area contributed by atoms with Crippen LogP contribution in [0.3, 0.4) is 0 Å². The lowest BCUT2D eigenvalue weighted by atomic mass is 9.86. The van der Waals surface area contributed by atoms with Crippen LogP contribution in [0.4, 0.5) is 0 Å². The minimum absolute atomic E-state index is 0.0243. The van der Waals surface area contributed by atoms with Gasteiger partial charge < -0.3 is 14.8 Å². The Balaban J connectivity index is 1.85. The lowest BCUT2D eigenvalue weighted by Crippen LogP contribution is -2.41. The molecular weight excluding hydrogens is 368 g/mol. The van der Waals surface area contributed by atoms with E-state index in [1.807, 2.05) is 0 Å². The molecule has 1 aromatic rings. The molecule has 150 valence electrons. The Hall–Kier alpha value is -1.64. The van der Waals surface area contributed by atoms with E-state index >= 15 is 0 Å². The summed E-state index contributed by atoms with van der Waals surface area (Å²) in [4.78, 5) is 12.8. The molecule has 1 saturated heterocycles. The summed E-state index contributed by atoms with van der Waals surface area (Å²) in [7, 11) is -2.33. The second-order valence-corrected chi connectivity index (χ2v) is 9.13. The zero-order valence-corrected chi connectivity index (χ0v) is 16.8. The van der Waals surface area contributed by atoms with Crippen LogP contribution in [0, 0.1) is 5.92 Å². The van der Waals surface area contributed by atoms with Crippen molar-refractivity contribution in [2.75, 3.05) is 33.4 Å². The van der Waals surface area contributed by atoms with Gasteiger partial charge in [0.15, 0.2) is 0 Å². The fraction of sp³-hybridized carbons (Fsp3) is 0.632. The first kappa shape index (κ1) is 20.1. The van der Waals surface area contributed by atoms with Gasteiger partial charge in [-0.25, -0.2) is 8.42 Å². The molecule has 1 aromatic carbocycles. The van der Waals surface area contributed by atoms with Crippen molar-refractivity contribution < 1.29 is 22.7 Å². The van der Waals surface area contributed by atoms with E-state index in [9.17, 15) is 13.2 Å². The molecule has 2 atom stereocenters. The van der Waals surface area contributed by atoms with E-state index in [0.717, 1.165) is 19.3 Å². The van der Waals surface area contributed by atoms with Crippen molar-refractivity contribution in [3.8, 4) is 5.75 Å². The van der Waals surface area contributed by atoms with Crippen LogP contribution in [0.15, 0.2) is 23.1 Å². The van der Waals surface area contributed by atoms with Gasteiger partial charge in [0.1, 0.15) is 10.6 Å². The second kappa shape index (κ2) is 8.58. The van der Waals surface area contributed by atoms with Crippen LogP contribution in [0.2, 0.25) is 0 Å². The standard InChI is InChI=1S/C19H28N2O5S/c1-14-5-3-4-6-16(14)20-19(22)15-7-8-17(25-2)18(13-15)27(23,24)21-9-11-26-12-10-21/h7-8,13-14,16H,3-6,9-12H2,1-2H3,(H,20,22)/t14-,16+/m1/s1. The summed E-state index contributed by atoms with van der Waals surface area (Å²) in [6.07, 6.45) is 4.36. The van der Waals surface area contributed by atoms with Gasteiger partial charge in [0.05, 0.1) is 20.3 Å². The average molecular weight is 397 g/mol. The van der Waals surface area contributed by atoms with Gasteiger partial charge in [-0.2, -0.15) is 4.31 Å². The molecule has 8 heteroatoms. The van der Waals surface area contributed by atoms with Crippen LogP contribution in [0.25, 0.3) is 0 Å². The third-order valence-electron chi connectivity index (χ3n) is 5.44. The van der Waals surface area contributed by atoms with Gasteiger partial charge in [-0.3, -0.25) is 4.79 Å². The third kappa shape index (κ3) is 4.44. The largest absolute Gasteiger partial charge is 0.495 e. The summed E-state index contributed by atoms with van der Waals surface area (Å²) in [5.74, 6) is 0.427. The Morgan fingerprint density at radius 3 is 2.59 bits per heavy atom. The molecule has 0 bridgehead atoms. The normalized spacial score (nSPS) is 24.4. The predicted molar refractivity (Wildman–Crippen MR) is 101 cm³/mol. The fourth-order valence-corrected chi connectivity index (χ4v) is 5.32. The van der Waals surface area contributed by atoms with Crippen molar-refractivity contribution in [1.82, 2.24) is 9.62 Å². The van der Waals surface area contributed by atoms with Crippen molar-refractivity contribution in [3.63, 3.8) is 0 Å². The quantitative estimate of drug-likeness (QED) is 0.823. The van der Waals surface area contributed by atoms with Gasteiger partial charge in [0.25, 0.3) is 5.91 Å². The van der Waals surface area contributed by atoms with E-state index in [-0.39, 0.29) is 22.6 Å². The van der Waals surface area contributed by atoms with Gasteiger partial charge in [-0.05, 0) is 37.0 Å². The number of nitrogens with zero attached hydrogens (tertiary/aromatic N) is 1. The molecule has 1 aliphatic heterocycles. The van der Waals surface area contributed by atoms with Gasteiger partial charge in [-0.1, -0.05) is 19.8 Å². The molecule has 27 heavy (non-hydrogen) atoms. The number of rotatable bonds is 5. The molecule has 1 N–H and O–H groups in total. The molecule has 0 unspecified atom stereocenters. The summed E-state index contributed by atoms with van der Waals surface area (Å²) >= 11 is 0. The molecule has 7 nitrogen and oxygen atoms in total. The molecule has 3 rings (SSSR count). The molecule has 0 aromatic heterocycles. The van der Waals surface area contributed by atoms with E-state index in [1.165, 1.54) is 23.9 Å². The molecule has 2 aliphatic rings. The first-order valence-corrected chi connectivity index (χ1v) is 10.9. The Morgan fingerprint density at radius 2 is 1.93 bits per heavy atom. The number of morpholine rings is 1. The topological polar surface area (TPSA) is 84.9 Å². The first-order chi connectivity index (χ1) is 12.9. The lowest BCUT2D eigenvalue weighted by Gasteiger charge is -2.29. The molecule has 2 fully saturated rings. The van der Waals surface area contributed by atoms with Crippen LogP contribution >= 0.6 is 0 Å². The van der Waals surface area contributed by atoms with Crippen molar-refractivity contribution in [1.29, 1.82) is 0 Å². The third-order valence-corrected chi connectivity index (χ3v) is 7.36. The Morgan fingerprint density at radius 1 is 1.22 bits per heavy atom. The number of carbonyl (C=O) groups is 1. The summed E-state index contributed by atoms with van der Waals surface area (Å²) < 4.78 is 38.0.